The molecule has 2 rings (SSSR count). The Morgan fingerprint density at radius 1 is 1.29 bits per heavy atom. The van der Waals surface area contributed by atoms with Gasteiger partial charge in [-0.2, -0.15) is 0 Å². The van der Waals surface area contributed by atoms with Gasteiger partial charge in [-0.3, -0.25) is 4.79 Å². The van der Waals surface area contributed by atoms with Gasteiger partial charge in [-0.05, 0) is 42.5 Å². The summed E-state index contributed by atoms with van der Waals surface area (Å²) >= 11 is 0. The molecule has 0 radical (unpaired) electrons. The summed E-state index contributed by atoms with van der Waals surface area (Å²) in [5.41, 5.74) is 2.62. The normalized spacial score (nSPS) is 14.3. The van der Waals surface area contributed by atoms with Crippen LogP contribution in [0.15, 0.2) is 18.2 Å². The summed E-state index contributed by atoms with van der Waals surface area (Å²) in [7, 11) is 0. The monoisotopic (exact) mass is 293 g/mol. The lowest BCUT2D eigenvalue weighted by atomic mass is 10.1. The van der Waals surface area contributed by atoms with E-state index in [-0.39, 0.29) is 25.5 Å². The molecule has 0 unspecified atom stereocenters. The zero-order chi connectivity index (χ0) is 15.2. The summed E-state index contributed by atoms with van der Waals surface area (Å²) in [6, 6.07) is 5.84. The number of aryl methyl sites for hydroxylation is 2. The standard InChI is InChI=1S/C15H19NO5/c17-13(15(19)20)6-7-16-14(18)9-21-12-5-4-10-2-1-3-11(10)8-12/h4-5,8,13,17H,1-3,6-7,9H2,(H,16,18)(H,19,20)/t13-/m0/s1. The van der Waals surface area contributed by atoms with Crippen LogP contribution in [0.25, 0.3) is 0 Å². The predicted octanol–water partition coefficient (Wildman–Crippen LogP) is 0.506. The number of aliphatic hydroxyl groups excluding tert-OH is 1. The number of amides is 1. The molecule has 0 aliphatic heterocycles. The van der Waals surface area contributed by atoms with E-state index in [1.165, 1.54) is 11.1 Å². The van der Waals surface area contributed by atoms with E-state index in [1.807, 2.05) is 18.2 Å². The molecule has 1 amide bonds. The Bertz CT molecular complexity index is 529. The first kappa shape index (κ1) is 15.3. The number of rotatable bonds is 7. The fourth-order valence-electron chi connectivity index (χ4n) is 2.31. The van der Waals surface area contributed by atoms with Crippen LogP contribution in [0.5, 0.6) is 5.75 Å². The fraction of sp³-hybridized carbons (Fsp3) is 0.467. The number of hydrogen-bond donors (Lipinski definition) is 3. The Balaban J connectivity index is 1.70. The molecule has 1 aromatic rings. The lowest BCUT2D eigenvalue weighted by Gasteiger charge is -2.09. The van der Waals surface area contributed by atoms with Crippen molar-refractivity contribution in [2.45, 2.75) is 31.8 Å². The third-order valence-corrected chi connectivity index (χ3v) is 3.46. The maximum Gasteiger partial charge on any atom is 0.332 e. The Morgan fingerprint density at radius 3 is 2.81 bits per heavy atom. The molecule has 0 heterocycles. The Hall–Kier alpha value is -2.08. The first-order chi connectivity index (χ1) is 10.1. The van der Waals surface area contributed by atoms with Crippen molar-refractivity contribution in [3.8, 4) is 5.75 Å². The lowest BCUT2D eigenvalue weighted by Crippen LogP contribution is -2.33. The van der Waals surface area contributed by atoms with Crippen molar-refractivity contribution in [1.29, 1.82) is 0 Å². The van der Waals surface area contributed by atoms with Gasteiger partial charge >= 0.3 is 5.97 Å². The number of benzene rings is 1. The van der Waals surface area contributed by atoms with Gasteiger partial charge in [-0.1, -0.05) is 6.07 Å². The van der Waals surface area contributed by atoms with Crippen molar-refractivity contribution in [3.05, 3.63) is 29.3 Å². The Morgan fingerprint density at radius 2 is 2.05 bits per heavy atom. The summed E-state index contributed by atoms with van der Waals surface area (Å²) in [5, 5.41) is 20.0. The smallest absolute Gasteiger partial charge is 0.332 e. The number of ether oxygens (including phenoxy) is 1. The number of nitrogens with one attached hydrogen (secondary N) is 1. The SMILES string of the molecule is O=C(COc1ccc2c(c1)CCC2)NCC[C@H](O)C(=O)O. The number of carboxylic acids is 1. The minimum absolute atomic E-state index is 0.0279. The first-order valence-electron chi connectivity index (χ1n) is 6.98. The first-order valence-corrected chi connectivity index (χ1v) is 6.98. The van der Waals surface area contributed by atoms with Crippen LogP contribution in [0.3, 0.4) is 0 Å². The van der Waals surface area contributed by atoms with Gasteiger partial charge in [0.05, 0.1) is 0 Å². The van der Waals surface area contributed by atoms with Gasteiger partial charge in [0.2, 0.25) is 0 Å². The van der Waals surface area contributed by atoms with Crippen LogP contribution in [-0.2, 0) is 22.4 Å². The number of hydrogen-bond acceptors (Lipinski definition) is 4. The Kier molecular flexibility index (Phi) is 5.16. The number of carbonyl (C=O) groups is 2. The third-order valence-electron chi connectivity index (χ3n) is 3.46. The van der Waals surface area contributed by atoms with E-state index in [2.05, 4.69) is 5.32 Å². The third kappa shape index (κ3) is 4.46. The second-order valence-corrected chi connectivity index (χ2v) is 5.07. The highest BCUT2D eigenvalue weighted by Gasteiger charge is 2.14. The van der Waals surface area contributed by atoms with Crippen molar-refractivity contribution in [1.82, 2.24) is 5.32 Å². The molecule has 0 spiro atoms. The number of carboxylic acid groups (broad SMARTS) is 1. The molecular weight excluding hydrogens is 274 g/mol. The highest BCUT2D eigenvalue weighted by atomic mass is 16.5. The van der Waals surface area contributed by atoms with Gasteiger partial charge < -0.3 is 20.3 Å². The van der Waals surface area contributed by atoms with E-state index >= 15 is 0 Å². The molecule has 0 saturated heterocycles. The van der Waals surface area contributed by atoms with E-state index in [4.69, 9.17) is 14.9 Å². The van der Waals surface area contributed by atoms with Crippen LogP contribution in [0.2, 0.25) is 0 Å². The molecule has 1 atom stereocenters. The Labute approximate surface area is 122 Å². The van der Waals surface area contributed by atoms with Gasteiger partial charge in [0, 0.05) is 13.0 Å². The summed E-state index contributed by atoms with van der Waals surface area (Å²) in [5.74, 6) is -0.969. The zero-order valence-corrected chi connectivity index (χ0v) is 11.7. The summed E-state index contributed by atoms with van der Waals surface area (Å²) in [6.45, 7) is -0.0260. The van der Waals surface area contributed by atoms with Crippen LogP contribution in [0, 0.1) is 0 Å². The molecule has 6 heteroatoms. The lowest BCUT2D eigenvalue weighted by molar-refractivity contribution is -0.147. The maximum atomic E-state index is 11.5. The second-order valence-electron chi connectivity index (χ2n) is 5.07. The van der Waals surface area contributed by atoms with Crippen LogP contribution in [-0.4, -0.2) is 41.3 Å². The molecule has 0 bridgehead atoms. The molecule has 1 aromatic carbocycles. The fourth-order valence-corrected chi connectivity index (χ4v) is 2.31. The quantitative estimate of drug-likeness (QED) is 0.680. The largest absolute Gasteiger partial charge is 0.484 e. The molecule has 0 saturated carbocycles. The van der Waals surface area contributed by atoms with Gasteiger partial charge in [0.25, 0.3) is 5.91 Å². The second kappa shape index (κ2) is 7.08. The van der Waals surface area contributed by atoms with Crippen LogP contribution >= 0.6 is 0 Å². The van der Waals surface area contributed by atoms with Crippen molar-refractivity contribution >= 4 is 11.9 Å². The molecule has 114 valence electrons. The number of fused-ring (bicyclic) bond motifs is 1. The van der Waals surface area contributed by atoms with Crippen molar-refractivity contribution < 1.29 is 24.5 Å². The number of aliphatic carboxylic acids is 1. The summed E-state index contributed by atoms with van der Waals surface area (Å²) < 4.78 is 5.41. The van der Waals surface area contributed by atoms with E-state index < -0.39 is 12.1 Å². The van der Waals surface area contributed by atoms with Gasteiger partial charge in [-0.15, -0.1) is 0 Å². The minimum Gasteiger partial charge on any atom is -0.484 e. The van der Waals surface area contributed by atoms with Gasteiger partial charge in [-0.25, -0.2) is 4.79 Å². The van der Waals surface area contributed by atoms with E-state index in [1.54, 1.807) is 0 Å². The van der Waals surface area contributed by atoms with E-state index in [9.17, 15) is 9.59 Å². The van der Waals surface area contributed by atoms with Gasteiger partial charge in [0.15, 0.2) is 12.7 Å². The zero-order valence-electron chi connectivity index (χ0n) is 11.7. The highest BCUT2D eigenvalue weighted by Crippen LogP contribution is 2.25. The maximum absolute atomic E-state index is 11.5. The molecule has 1 aliphatic carbocycles. The van der Waals surface area contributed by atoms with Crippen molar-refractivity contribution in [2.24, 2.45) is 0 Å². The number of carbonyl (C=O) groups excluding carboxylic acids is 1. The molecular formula is C15H19NO5. The highest BCUT2D eigenvalue weighted by molar-refractivity contribution is 5.77. The van der Waals surface area contributed by atoms with Crippen LogP contribution in [0.4, 0.5) is 0 Å². The van der Waals surface area contributed by atoms with Crippen LogP contribution < -0.4 is 10.1 Å². The molecule has 6 nitrogen and oxygen atoms in total. The molecule has 1 aliphatic rings. The summed E-state index contributed by atoms with van der Waals surface area (Å²) in [6.07, 6.45) is 1.82. The molecule has 21 heavy (non-hydrogen) atoms. The van der Waals surface area contributed by atoms with E-state index in [0.29, 0.717) is 5.75 Å². The predicted molar refractivity (Wildman–Crippen MR) is 75.2 cm³/mol. The topological polar surface area (TPSA) is 95.9 Å². The summed E-state index contributed by atoms with van der Waals surface area (Å²) in [4.78, 5) is 21.9. The molecule has 0 fully saturated rings. The average Bonchev–Trinajstić information content (AvgIpc) is 2.92. The van der Waals surface area contributed by atoms with Crippen LogP contribution in [0.1, 0.15) is 24.0 Å². The average molecular weight is 293 g/mol. The molecule has 3 N–H and O–H groups in total. The van der Waals surface area contributed by atoms with Gasteiger partial charge in [0.1, 0.15) is 5.75 Å². The molecule has 0 aromatic heterocycles. The van der Waals surface area contributed by atoms with E-state index in [0.717, 1.165) is 19.3 Å². The minimum atomic E-state index is -1.46. The van der Waals surface area contributed by atoms with Crippen molar-refractivity contribution in [2.75, 3.05) is 13.2 Å². The number of aliphatic hydroxyl groups is 1. The van der Waals surface area contributed by atoms with Crippen molar-refractivity contribution in [3.63, 3.8) is 0 Å².